The van der Waals surface area contributed by atoms with Gasteiger partial charge in [0.2, 0.25) is 10.0 Å². The quantitative estimate of drug-likeness (QED) is 0.687. The summed E-state index contributed by atoms with van der Waals surface area (Å²) < 4.78 is 27.6. The zero-order valence-corrected chi connectivity index (χ0v) is 15.2. The number of para-hydroxylation sites is 1. The Kier molecular flexibility index (Phi) is 4.88. The molecular formula is C17H16Cl2N2O2S. The number of benzene rings is 2. The molecule has 0 saturated heterocycles. The van der Waals surface area contributed by atoms with Crippen molar-refractivity contribution in [3.8, 4) is 0 Å². The maximum Gasteiger partial charge on any atom is 0.240 e. The predicted molar refractivity (Wildman–Crippen MR) is 98.2 cm³/mol. The zero-order chi connectivity index (χ0) is 17.3. The molecule has 0 spiro atoms. The minimum atomic E-state index is -3.66. The van der Waals surface area contributed by atoms with E-state index >= 15 is 0 Å². The van der Waals surface area contributed by atoms with E-state index in [4.69, 9.17) is 23.2 Å². The van der Waals surface area contributed by atoms with Crippen LogP contribution in [-0.2, 0) is 16.4 Å². The summed E-state index contributed by atoms with van der Waals surface area (Å²) in [6.07, 6.45) is 2.49. The van der Waals surface area contributed by atoms with Crippen molar-refractivity contribution in [1.29, 1.82) is 0 Å². The highest BCUT2D eigenvalue weighted by Crippen LogP contribution is 2.25. The van der Waals surface area contributed by atoms with Crippen LogP contribution < -0.4 is 4.72 Å². The average Bonchev–Trinajstić information content (AvgIpc) is 2.92. The summed E-state index contributed by atoms with van der Waals surface area (Å²) in [6.45, 7) is 1.83. The molecule has 1 unspecified atom stereocenters. The summed E-state index contributed by atoms with van der Waals surface area (Å²) in [5, 5.41) is 1.63. The number of aromatic nitrogens is 1. The molecule has 0 aliphatic carbocycles. The number of sulfonamides is 1. The Morgan fingerprint density at radius 3 is 2.62 bits per heavy atom. The van der Waals surface area contributed by atoms with Gasteiger partial charge in [-0.15, -0.1) is 0 Å². The molecule has 126 valence electrons. The van der Waals surface area contributed by atoms with Crippen molar-refractivity contribution in [1.82, 2.24) is 9.71 Å². The standard InChI is InChI=1S/C17H16Cl2N2O2S/c1-11(8-12-10-20-17-5-3-2-4-14(12)17)21-24(22,23)13-6-7-15(18)16(19)9-13/h2-7,9-11,20-21H,8H2,1H3. The molecule has 7 heteroatoms. The minimum Gasteiger partial charge on any atom is -0.361 e. The van der Waals surface area contributed by atoms with Crippen LogP contribution in [0.3, 0.4) is 0 Å². The van der Waals surface area contributed by atoms with E-state index < -0.39 is 10.0 Å². The second-order valence-electron chi connectivity index (χ2n) is 5.66. The number of hydrogen-bond donors (Lipinski definition) is 2. The topological polar surface area (TPSA) is 62.0 Å². The van der Waals surface area contributed by atoms with Gasteiger partial charge in [0.05, 0.1) is 14.9 Å². The fourth-order valence-corrected chi connectivity index (χ4v) is 4.28. The van der Waals surface area contributed by atoms with Crippen LogP contribution in [0.5, 0.6) is 0 Å². The van der Waals surface area contributed by atoms with E-state index in [1.807, 2.05) is 37.4 Å². The monoisotopic (exact) mass is 382 g/mol. The third-order valence-corrected chi connectivity index (χ3v) is 6.08. The Hall–Kier alpha value is -1.53. The van der Waals surface area contributed by atoms with Gasteiger partial charge in [-0.05, 0) is 43.2 Å². The zero-order valence-electron chi connectivity index (χ0n) is 12.9. The Bertz CT molecular complexity index is 983. The number of nitrogens with one attached hydrogen (secondary N) is 2. The van der Waals surface area contributed by atoms with Gasteiger partial charge >= 0.3 is 0 Å². The summed E-state index contributed by atoms with van der Waals surface area (Å²) in [5.74, 6) is 0. The third kappa shape index (κ3) is 3.59. The van der Waals surface area contributed by atoms with E-state index in [2.05, 4.69) is 9.71 Å². The first-order valence-electron chi connectivity index (χ1n) is 7.39. The van der Waals surface area contributed by atoms with Crippen LogP contribution in [0.25, 0.3) is 10.9 Å². The number of hydrogen-bond acceptors (Lipinski definition) is 2. The van der Waals surface area contributed by atoms with E-state index in [0.29, 0.717) is 11.4 Å². The molecule has 2 N–H and O–H groups in total. The molecule has 2 aromatic carbocycles. The van der Waals surface area contributed by atoms with Crippen LogP contribution in [-0.4, -0.2) is 19.4 Å². The predicted octanol–water partition coefficient (Wildman–Crippen LogP) is 4.38. The normalized spacial score (nSPS) is 13.3. The van der Waals surface area contributed by atoms with Crippen LogP contribution >= 0.6 is 23.2 Å². The highest BCUT2D eigenvalue weighted by atomic mass is 35.5. The molecule has 4 nitrogen and oxygen atoms in total. The Morgan fingerprint density at radius 2 is 1.88 bits per heavy atom. The van der Waals surface area contributed by atoms with Gasteiger partial charge in [-0.1, -0.05) is 41.4 Å². The first-order chi connectivity index (χ1) is 11.4. The molecule has 1 aromatic heterocycles. The van der Waals surface area contributed by atoms with Gasteiger partial charge in [0.25, 0.3) is 0 Å². The molecule has 1 heterocycles. The number of halogens is 2. The van der Waals surface area contributed by atoms with Crippen molar-refractivity contribution < 1.29 is 8.42 Å². The van der Waals surface area contributed by atoms with E-state index in [-0.39, 0.29) is 16.0 Å². The molecule has 3 aromatic rings. The lowest BCUT2D eigenvalue weighted by molar-refractivity contribution is 0.560. The lowest BCUT2D eigenvalue weighted by Gasteiger charge is -2.14. The Morgan fingerprint density at radius 1 is 1.12 bits per heavy atom. The molecule has 0 amide bonds. The Balaban J connectivity index is 1.78. The molecule has 1 atom stereocenters. The number of H-pyrrole nitrogens is 1. The van der Waals surface area contributed by atoms with Gasteiger partial charge in [-0.3, -0.25) is 0 Å². The molecule has 24 heavy (non-hydrogen) atoms. The van der Waals surface area contributed by atoms with Gasteiger partial charge in [-0.25, -0.2) is 13.1 Å². The maximum absolute atomic E-state index is 12.5. The second-order valence-corrected chi connectivity index (χ2v) is 8.19. The van der Waals surface area contributed by atoms with Crippen LogP contribution in [0.15, 0.2) is 53.6 Å². The molecule has 3 rings (SSSR count). The van der Waals surface area contributed by atoms with E-state index in [1.165, 1.54) is 18.2 Å². The molecule has 0 radical (unpaired) electrons. The van der Waals surface area contributed by atoms with Crippen LogP contribution in [0.2, 0.25) is 10.0 Å². The molecular weight excluding hydrogens is 367 g/mol. The van der Waals surface area contributed by atoms with Crippen molar-refractivity contribution in [2.24, 2.45) is 0 Å². The summed E-state index contributed by atoms with van der Waals surface area (Å²) in [5.41, 5.74) is 2.10. The van der Waals surface area contributed by atoms with Crippen LogP contribution in [0, 0.1) is 0 Å². The Labute approximate surface area is 150 Å². The lowest BCUT2D eigenvalue weighted by atomic mass is 10.1. The fraction of sp³-hybridized carbons (Fsp3) is 0.176. The lowest BCUT2D eigenvalue weighted by Crippen LogP contribution is -2.34. The van der Waals surface area contributed by atoms with E-state index in [1.54, 1.807) is 0 Å². The number of rotatable bonds is 5. The van der Waals surface area contributed by atoms with Gasteiger partial charge in [0.1, 0.15) is 0 Å². The van der Waals surface area contributed by atoms with Crippen molar-refractivity contribution >= 4 is 44.1 Å². The molecule has 0 fully saturated rings. The van der Waals surface area contributed by atoms with Gasteiger partial charge in [-0.2, -0.15) is 0 Å². The molecule has 0 aliphatic rings. The third-order valence-electron chi connectivity index (χ3n) is 3.76. The van der Waals surface area contributed by atoms with Crippen LogP contribution in [0.4, 0.5) is 0 Å². The minimum absolute atomic E-state index is 0.0997. The highest BCUT2D eigenvalue weighted by molar-refractivity contribution is 7.89. The summed E-state index contributed by atoms with van der Waals surface area (Å²) in [6, 6.07) is 11.9. The average molecular weight is 383 g/mol. The molecule has 0 saturated carbocycles. The number of fused-ring (bicyclic) bond motifs is 1. The van der Waals surface area contributed by atoms with Crippen molar-refractivity contribution in [2.45, 2.75) is 24.3 Å². The molecule has 0 bridgehead atoms. The summed E-state index contributed by atoms with van der Waals surface area (Å²) >= 11 is 11.7. The van der Waals surface area contributed by atoms with Crippen molar-refractivity contribution in [3.63, 3.8) is 0 Å². The maximum atomic E-state index is 12.5. The first-order valence-corrected chi connectivity index (χ1v) is 9.63. The van der Waals surface area contributed by atoms with E-state index in [9.17, 15) is 8.42 Å². The SMILES string of the molecule is CC(Cc1c[nH]c2ccccc12)NS(=O)(=O)c1ccc(Cl)c(Cl)c1. The number of aromatic amines is 1. The van der Waals surface area contributed by atoms with Crippen molar-refractivity contribution in [2.75, 3.05) is 0 Å². The largest absolute Gasteiger partial charge is 0.361 e. The van der Waals surface area contributed by atoms with E-state index in [0.717, 1.165) is 16.5 Å². The van der Waals surface area contributed by atoms with Crippen molar-refractivity contribution in [3.05, 3.63) is 64.3 Å². The highest BCUT2D eigenvalue weighted by Gasteiger charge is 2.19. The van der Waals surface area contributed by atoms with Crippen LogP contribution in [0.1, 0.15) is 12.5 Å². The summed E-state index contributed by atoms with van der Waals surface area (Å²) in [4.78, 5) is 3.29. The van der Waals surface area contributed by atoms with Gasteiger partial charge in [0, 0.05) is 23.1 Å². The molecule has 0 aliphatic heterocycles. The summed E-state index contributed by atoms with van der Waals surface area (Å²) in [7, 11) is -3.66. The van der Waals surface area contributed by atoms with Gasteiger partial charge < -0.3 is 4.98 Å². The first kappa shape index (κ1) is 17.3. The fourth-order valence-electron chi connectivity index (χ4n) is 2.65. The smallest absolute Gasteiger partial charge is 0.240 e. The second kappa shape index (κ2) is 6.76. The van der Waals surface area contributed by atoms with Gasteiger partial charge in [0.15, 0.2) is 0 Å².